The zero-order valence-electron chi connectivity index (χ0n) is 9.22. The highest BCUT2D eigenvalue weighted by atomic mass is 79.9. The largest absolute Gasteiger partial charge is 0.573 e. The summed E-state index contributed by atoms with van der Waals surface area (Å²) in [4.78, 5) is 0. The van der Waals surface area contributed by atoms with Gasteiger partial charge in [0.25, 0.3) is 0 Å². The number of rotatable bonds is 4. The van der Waals surface area contributed by atoms with Crippen molar-refractivity contribution in [3.8, 4) is 11.5 Å². The first-order valence-electron chi connectivity index (χ1n) is 4.76. The summed E-state index contributed by atoms with van der Waals surface area (Å²) >= 11 is 8.43. The van der Waals surface area contributed by atoms with Crippen LogP contribution in [0.2, 0.25) is 0 Å². The lowest BCUT2D eigenvalue weighted by atomic mass is 10.3. The predicted octanol–water partition coefficient (Wildman–Crippen LogP) is 4.87. The van der Waals surface area contributed by atoms with E-state index in [0.29, 0.717) is 5.75 Å². The van der Waals surface area contributed by atoms with Gasteiger partial charge in [-0.05, 0) is 46.6 Å². The first kappa shape index (κ1) is 15.2. The van der Waals surface area contributed by atoms with Crippen LogP contribution in [0.1, 0.15) is 6.92 Å². The average molecular weight is 346 g/mol. The van der Waals surface area contributed by atoms with E-state index < -0.39 is 6.36 Å². The number of hydrogen-bond acceptors (Lipinski definition) is 2. The van der Waals surface area contributed by atoms with E-state index >= 15 is 0 Å². The van der Waals surface area contributed by atoms with Crippen LogP contribution in [-0.2, 0) is 0 Å². The normalized spacial score (nSPS) is 12.4. The fourth-order valence-corrected chi connectivity index (χ4v) is 1.51. The van der Waals surface area contributed by atoms with Crippen LogP contribution in [0.15, 0.2) is 33.8 Å². The molecule has 0 fully saturated rings. The highest BCUT2D eigenvalue weighted by molar-refractivity contribution is 9.10. The highest BCUT2D eigenvalue weighted by Crippen LogP contribution is 2.33. The zero-order chi connectivity index (χ0) is 13.8. The van der Waals surface area contributed by atoms with Gasteiger partial charge < -0.3 is 9.47 Å². The van der Waals surface area contributed by atoms with Gasteiger partial charge in [0.05, 0.1) is 4.47 Å². The number of benzene rings is 1. The molecule has 1 aromatic rings. The maximum absolute atomic E-state index is 12.0. The molecule has 0 bridgehead atoms. The number of ether oxygens (including phenoxy) is 2. The molecular formula is C11H9BrClF3O2. The second kappa shape index (κ2) is 6.33. The average Bonchev–Trinajstić information content (AvgIpc) is 2.27. The standard InChI is InChI=1S/C11H9BrClF3O2/c1-7(5-13)6-17-8-2-3-10(9(12)4-8)18-11(14,15)16/h2-5H,6H2,1H3/b7-5-. The third kappa shape index (κ3) is 5.18. The van der Waals surface area contributed by atoms with E-state index in [1.54, 1.807) is 6.92 Å². The van der Waals surface area contributed by atoms with Gasteiger partial charge in [-0.25, -0.2) is 0 Å². The Bertz CT molecular complexity index is 446. The zero-order valence-corrected chi connectivity index (χ0v) is 11.6. The summed E-state index contributed by atoms with van der Waals surface area (Å²) in [5.41, 5.74) is 2.17. The SMILES string of the molecule is C/C(=C/Cl)COc1ccc(OC(F)(F)F)c(Br)c1. The Morgan fingerprint density at radius 3 is 2.61 bits per heavy atom. The highest BCUT2D eigenvalue weighted by Gasteiger charge is 2.31. The smallest absolute Gasteiger partial charge is 0.489 e. The van der Waals surface area contributed by atoms with Crippen LogP contribution in [0.3, 0.4) is 0 Å². The van der Waals surface area contributed by atoms with Gasteiger partial charge in [0.15, 0.2) is 0 Å². The van der Waals surface area contributed by atoms with Crippen molar-refractivity contribution < 1.29 is 22.6 Å². The van der Waals surface area contributed by atoms with Gasteiger partial charge in [-0.15, -0.1) is 13.2 Å². The summed E-state index contributed by atoms with van der Waals surface area (Å²) in [6.45, 7) is 2.03. The molecule has 0 aliphatic heterocycles. The Kier molecular flexibility index (Phi) is 5.34. The van der Waals surface area contributed by atoms with Crippen LogP contribution in [0.4, 0.5) is 13.2 Å². The molecule has 0 saturated heterocycles. The van der Waals surface area contributed by atoms with Crippen LogP contribution in [0.5, 0.6) is 11.5 Å². The Morgan fingerprint density at radius 1 is 1.44 bits per heavy atom. The molecule has 0 aliphatic carbocycles. The molecule has 0 unspecified atom stereocenters. The van der Waals surface area contributed by atoms with E-state index in [9.17, 15) is 13.2 Å². The molecule has 18 heavy (non-hydrogen) atoms. The van der Waals surface area contributed by atoms with Gasteiger partial charge in [-0.2, -0.15) is 0 Å². The molecule has 100 valence electrons. The first-order chi connectivity index (χ1) is 8.31. The molecule has 0 radical (unpaired) electrons. The van der Waals surface area contributed by atoms with E-state index in [2.05, 4.69) is 20.7 Å². The minimum atomic E-state index is -4.72. The van der Waals surface area contributed by atoms with Crippen molar-refractivity contribution in [3.63, 3.8) is 0 Å². The number of hydrogen-bond donors (Lipinski definition) is 0. The monoisotopic (exact) mass is 344 g/mol. The summed E-state index contributed by atoms with van der Waals surface area (Å²) in [5, 5.41) is 0. The fraction of sp³-hybridized carbons (Fsp3) is 0.273. The lowest BCUT2D eigenvalue weighted by Gasteiger charge is -2.12. The van der Waals surface area contributed by atoms with Crippen molar-refractivity contribution in [2.75, 3.05) is 6.61 Å². The minimum absolute atomic E-state index is 0.157. The van der Waals surface area contributed by atoms with Gasteiger partial charge in [0.2, 0.25) is 0 Å². The van der Waals surface area contributed by atoms with Crippen LogP contribution in [0, 0.1) is 0 Å². The minimum Gasteiger partial charge on any atom is -0.489 e. The summed E-state index contributed by atoms with van der Waals surface area (Å²) in [5.74, 6) is 0.0914. The van der Waals surface area contributed by atoms with Gasteiger partial charge in [0, 0.05) is 5.54 Å². The quantitative estimate of drug-likeness (QED) is 0.775. The third-order valence-electron chi connectivity index (χ3n) is 1.78. The Labute approximate surface area is 115 Å². The first-order valence-corrected chi connectivity index (χ1v) is 5.98. The third-order valence-corrected chi connectivity index (χ3v) is 2.77. The number of halogens is 5. The van der Waals surface area contributed by atoms with Gasteiger partial charge in [-0.1, -0.05) is 11.6 Å². The molecular weight excluding hydrogens is 336 g/mol. The Hall–Kier alpha value is -0.880. The van der Waals surface area contributed by atoms with Crippen LogP contribution < -0.4 is 9.47 Å². The molecule has 0 spiro atoms. The van der Waals surface area contributed by atoms with Gasteiger partial charge >= 0.3 is 6.36 Å². The Morgan fingerprint density at radius 2 is 2.11 bits per heavy atom. The summed E-state index contributed by atoms with van der Waals surface area (Å²) in [7, 11) is 0. The van der Waals surface area contributed by atoms with Crippen LogP contribution in [0.25, 0.3) is 0 Å². The van der Waals surface area contributed by atoms with Crippen LogP contribution in [-0.4, -0.2) is 13.0 Å². The molecule has 0 N–H and O–H groups in total. The maximum atomic E-state index is 12.0. The molecule has 1 aromatic carbocycles. The molecule has 0 saturated carbocycles. The second-order valence-corrected chi connectivity index (χ2v) is 4.46. The van der Waals surface area contributed by atoms with Crippen molar-refractivity contribution in [1.29, 1.82) is 0 Å². The van der Waals surface area contributed by atoms with Crippen LogP contribution >= 0.6 is 27.5 Å². The van der Waals surface area contributed by atoms with Crippen molar-refractivity contribution in [2.24, 2.45) is 0 Å². The molecule has 2 nitrogen and oxygen atoms in total. The van der Waals surface area contributed by atoms with Gasteiger partial charge in [0.1, 0.15) is 18.1 Å². The predicted molar refractivity (Wildman–Crippen MR) is 65.9 cm³/mol. The molecule has 0 aliphatic rings. The summed E-state index contributed by atoms with van der Waals surface area (Å²) in [6.07, 6.45) is -4.72. The maximum Gasteiger partial charge on any atom is 0.573 e. The van der Waals surface area contributed by atoms with Crippen molar-refractivity contribution in [1.82, 2.24) is 0 Å². The van der Waals surface area contributed by atoms with Crippen molar-refractivity contribution >= 4 is 27.5 Å². The second-order valence-electron chi connectivity index (χ2n) is 3.38. The van der Waals surface area contributed by atoms with Crippen molar-refractivity contribution in [3.05, 3.63) is 33.8 Å². The van der Waals surface area contributed by atoms with E-state index in [-0.39, 0.29) is 16.8 Å². The van der Waals surface area contributed by atoms with E-state index in [1.165, 1.54) is 23.7 Å². The summed E-state index contributed by atoms with van der Waals surface area (Å²) in [6, 6.07) is 3.95. The van der Waals surface area contributed by atoms with Crippen molar-refractivity contribution in [2.45, 2.75) is 13.3 Å². The van der Waals surface area contributed by atoms with E-state index in [0.717, 1.165) is 5.57 Å². The molecule has 0 aromatic heterocycles. The topological polar surface area (TPSA) is 18.5 Å². The molecule has 0 heterocycles. The molecule has 0 atom stereocenters. The lowest BCUT2D eigenvalue weighted by Crippen LogP contribution is -2.17. The molecule has 1 rings (SSSR count). The fourth-order valence-electron chi connectivity index (χ4n) is 1.01. The lowest BCUT2D eigenvalue weighted by molar-refractivity contribution is -0.274. The number of alkyl halides is 3. The van der Waals surface area contributed by atoms with Gasteiger partial charge in [-0.3, -0.25) is 0 Å². The Balaban J connectivity index is 2.73. The molecule has 0 amide bonds. The molecule has 7 heteroatoms. The van der Waals surface area contributed by atoms with E-state index in [1.807, 2.05) is 0 Å². The summed E-state index contributed by atoms with van der Waals surface area (Å²) < 4.78 is 45.3. The van der Waals surface area contributed by atoms with E-state index in [4.69, 9.17) is 16.3 Å².